The molecule has 6 nitrogen and oxygen atoms in total. The van der Waals surface area contributed by atoms with Crippen LogP contribution in [-0.2, 0) is 17.9 Å². The van der Waals surface area contributed by atoms with Gasteiger partial charge in [0.15, 0.2) is 5.96 Å². The number of amides is 1. The lowest BCUT2D eigenvalue weighted by Gasteiger charge is -2.13. The van der Waals surface area contributed by atoms with Crippen LogP contribution in [0.3, 0.4) is 0 Å². The van der Waals surface area contributed by atoms with Gasteiger partial charge in [-0.15, -0.1) is 24.0 Å². The summed E-state index contributed by atoms with van der Waals surface area (Å²) in [4.78, 5) is 16.0. The first-order valence-corrected chi connectivity index (χ1v) is 9.10. The van der Waals surface area contributed by atoms with E-state index >= 15 is 0 Å². The van der Waals surface area contributed by atoms with Crippen molar-refractivity contribution in [2.24, 2.45) is 4.99 Å². The summed E-state index contributed by atoms with van der Waals surface area (Å²) in [5, 5.41) is 10.0. The number of carbonyl (C=O) groups excluding carboxylic acids is 1. The summed E-state index contributed by atoms with van der Waals surface area (Å²) in [5.41, 5.74) is 2.71. The van der Waals surface area contributed by atoms with E-state index in [1.165, 1.54) is 6.92 Å². The number of hydrogen-bond donors (Lipinski definition) is 3. The van der Waals surface area contributed by atoms with Gasteiger partial charge in [-0.3, -0.25) is 4.79 Å². The van der Waals surface area contributed by atoms with E-state index in [0.717, 1.165) is 17.7 Å². The molecule has 2 aromatic rings. The number of methoxy groups -OCH3 is 1. The lowest BCUT2D eigenvalue weighted by molar-refractivity contribution is -0.114. The van der Waals surface area contributed by atoms with E-state index in [2.05, 4.69) is 20.9 Å². The number of anilines is 1. The second-order valence-corrected chi connectivity index (χ2v) is 6.33. The molecule has 28 heavy (non-hydrogen) atoms. The maximum atomic E-state index is 11.4. The van der Waals surface area contributed by atoms with Crippen molar-refractivity contribution in [3.63, 3.8) is 0 Å². The molecule has 0 atom stereocenters. The first-order chi connectivity index (χ1) is 13.0. The van der Waals surface area contributed by atoms with Gasteiger partial charge in [-0.1, -0.05) is 29.8 Å². The molecular weight excluding hydrogens is 491 g/mol. The molecular formula is C20H26ClIN4O2. The van der Waals surface area contributed by atoms with Crippen molar-refractivity contribution < 1.29 is 9.53 Å². The molecule has 3 N–H and O–H groups in total. The number of halogens is 2. The average Bonchev–Trinajstić information content (AvgIpc) is 2.65. The van der Waals surface area contributed by atoms with Crippen molar-refractivity contribution in [1.82, 2.24) is 10.6 Å². The second-order valence-electron chi connectivity index (χ2n) is 5.89. The summed E-state index contributed by atoms with van der Waals surface area (Å²) in [6.07, 6.45) is 0. The topological polar surface area (TPSA) is 74.8 Å². The van der Waals surface area contributed by atoms with Crippen LogP contribution in [0.25, 0.3) is 0 Å². The van der Waals surface area contributed by atoms with Gasteiger partial charge in [0.25, 0.3) is 0 Å². The van der Waals surface area contributed by atoms with Crippen LogP contribution in [0.1, 0.15) is 25.0 Å². The molecule has 0 fully saturated rings. The molecule has 152 valence electrons. The Bertz CT molecular complexity index is 797. The molecule has 0 aliphatic rings. The zero-order valence-corrected chi connectivity index (χ0v) is 19.3. The monoisotopic (exact) mass is 516 g/mol. The molecule has 0 heterocycles. The molecule has 2 aromatic carbocycles. The van der Waals surface area contributed by atoms with Gasteiger partial charge in [-0.25, -0.2) is 4.99 Å². The van der Waals surface area contributed by atoms with Crippen LogP contribution in [0.5, 0.6) is 5.75 Å². The van der Waals surface area contributed by atoms with E-state index in [0.29, 0.717) is 35.5 Å². The Hall–Kier alpha value is -2.00. The highest BCUT2D eigenvalue weighted by Crippen LogP contribution is 2.25. The molecule has 1 amide bonds. The Morgan fingerprint density at radius 2 is 1.79 bits per heavy atom. The molecule has 0 saturated carbocycles. The molecule has 0 radical (unpaired) electrons. The molecule has 0 aliphatic heterocycles. The normalized spacial score (nSPS) is 10.6. The van der Waals surface area contributed by atoms with Crippen LogP contribution in [-0.4, -0.2) is 25.5 Å². The highest BCUT2D eigenvalue weighted by atomic mass is 127. The Kier molecular flexibility index (Phi) is 10.7. The number of nitrogens with one attached hydrogen (secondary N) is 3. The minimum Gasteiger partial charge on any atom is -0.495 e. The third-order valence-electron chi connectivity index (χ3n) is 3.71. The molecule has 8 heteroatoms. The van der Waals surface area contributed by atoms with Crippen LogP contribution >= 0.6 is 35.6 Å². The highest BCUT2D eigenvalue weighted by Gasteiger charge is 2.06. The van der Waals surface area contributed by atoms with E-state index in [1.54, 1.807) is 7.11 Å². The Labute approximate surface area is 188 Å². The van der Waals surface area contributed by atoms with E-state index in [1.807, 2.05) is 49.4 Å². The predicted molar refractivity (Wildman–Crippen MR) is 126 cm³/mol. The summed E-state index contributed by atoms with van der Waals surface area (Å²) in [7, 11) is 1.57. The van der Waals surface area contributed by atoms with Crippen molar-refractivity contribution in [2.75, 3.05) is 19.0 Å². The van der Waals surface area contributed by atoms with Crippen molar-refractivity contribution in [1.29, 1.82) is 0 Å². The molecule has 2 rings (SSSR count). The fourth-order valence-electron chi connectivity index (χ4n) is 2.44. The fraction of sp³-hybridized carbons (Fsp3) is 0.300. The number of ether oxygens (including phenoxy) is 1. The van der Waals surface area contributed by atoms with Gasteiger partial charge in [0.1, 0.15) is 5.75 Å². The fourth-order valence-corrected chi connectivity index (χ4v) is 2.57. The smallest absolute Gasteiger partial charge is 0.221 e. The lowest BCUT2D eigenvalue weighted by Crippen LogP contribution is -2.36. The van der Waals surface area contributed by atoms with Crippen molar-refractivity contribution >= 4 is 53.1 Å². The van der Waals surface area contributed by atoms with Crippen LogP contribution in [0.2, 0.25) is 5.02 Å². The summed E-state index contributed by atoms with van der Waals surface area (Å²) in [5.74, 6) is 1.18. The molecule has 0 aromatic heterocycles. The third-order valence-corrected chi connectivity index (χ3v) is 3.96. The highest BCUT2D eigenvalue weighted by molar-refractivity contribution is 14.0. The van der Waals surface area contributed by atoms with Crippen molar-refractivity contribution in [3.8, 4) is 5.75 Å². The number of guanidine groups is 1. The maximum absolute atomic E-state index is 11.4. The zero-order valence-electron chi connectivity index (χ0n) is 16.2. The standard InChI is InChI=1S/C20H25ClN4O2.HI/c1-4-22-20(23-12-15-5-8-17(21)9-6-15)24-13-16-7-10-19(27-3)18(11-16)25-14(2)26;/h5-11H,4,12-13H2,1-3H3,(H,25,26)(H2,22,23,24);1H. The SMILES string of the molecule is CCNC(=NCc1ccc(OC)c(NC(C)=O)c1)NCc1ccc(Cl)cc1.I. The van der Waals surface area contributed by atoms with Crippen LogP contribution in [0, 0.1) is 0 Å². The Morgan fingerprint density at radius 1 is 1.11 bits per heavy atom. The molecule has 0 unspecified atom stereocenters. The zero-order chi connectivity index (χ0) is 19.6. The number of hydrogen-bond acceptors (Lipinski definition) is 3. The summed E-state index contributed by atoms with van der Waals surface area (Å²) < 4.78 is 5.28. The number of nitrogens with zero attached hydrogens (tertiary/aromatic N) is 1. The number of aliphatic imine (C=N–C) groups is 1. The molecule has 0 saturated heterocycles. The van der Waals surface area contributed by atoms with E-state index in [4.69, 9.17) is 16.3 Å². The second kappa shape index (κ2) is 12.5. The Morgan fingerprint density at radius 3 is 2.39 bits per heavy atom. The summed E-state index contributed by atoms with van der Waals surface area (Å²) in [6.45, 7) is 5.34. The van der Waals surface area contributed by atoms with Gasteiger partial charge in [0, 0.05) is 25.0 Å². The van der Waals surface area contributed by atoms with Crippen molar-refractivity contribution in [3.05, 3.63) is 58.6 Å². The Balaban J connectivity index is 0.00000392. The van der Waals surface area contributed by atoms with E-state index in [-0.39, 0.29) is 29.9 Å². The van der Waals surface area contributed by atoms with Crippen LogP contribution in [0.15, 0.2) is 47.5 Å². The van der Waals surface area contributed by atoms with Crippen LogP contribution in [0.4, 0.5) is 5.69 Å². The average molecular weight is 517 g/mol. The quantitative estimate of drug-likeness (QED) is 0.293. The van der Waals surface area contributed by atoms with Crippen LogP contribution < -0.4 is 20.7 Å². The first-order valence-electron chi connectivity index (χ1n) is 8.73. The molecule has 0 bridgehead atoms. The van der Waals surface area contributed by atoms with Gasteiger partial charge in [-0.05, 0) is 42.3 Å². The third kappa shape index (κ3) is 7.93. The van der Waals surface area contributed by atoms with Gasteiger partial charge in [0.2, 0.25) is 5.91 Å². The van der Waals surface area contributed by atoms with Gasteiger partial charge in [-0.2, -0.15) is 0 Å². The van der Waals surface area contributed by atoms with E-state index < -0.39 is 0 Å². The predicted octanol–water partition coefficient (Wildman–Crippen LogP) is 4.18. The van der Waals surface area contributed by atoms with E-state index in [9.17, 15) is 4.79 Å². The summed E-state index contributed by atoms with van der Waals surface area (Å²) >= 11 is 5.92. The summed E-state index contributed by atoms with van der Waals surface area (Å²) in [6, 6.07) is 13.3. The maximum Gasteiger partial charge on any atom is 0.221 e. The lowest BCUT2D eigenvalue weighted by atomic mass is 10.2. The largest absolute Gasteiger partial charge is 0.495 e. The van der Waals surface area contributed by atoms with Gasteiger partial charge in [0.05, 0.1) is 19.3 Å². The number of carbonyl (C=O) groups is 1. The minimum absolute atomic E-state index is 0. The molecule has 0 spiro atoms. The van der Waals surface area contributed by atoms with Gasteiger partial charge >= 0.3 is 0 Å². The number of benzene rings is 2. The number of rotatable bonds is 7. The molecule has 0 aliphatic carbocycles. The van der Waals surface area contributed by atoms with Crippen molar-refractivity contribution in [2.45, 2.75) is 26.9 Å². The minimum atomic E-state index is -0.146. The first kappa shape index (κ1) is 24.0. The van der Waals surface area contributed by atoms with Gasteiger partial charge < -0.3 is 20.7 Å².